The lowest BCUT2D eigenvalue weighted by molar-refractivity contribution is 0.618. The molecule has 0 radical (unpaired) electrons. The summed E-state index contributed by atoms with van der Waals surface area (Å²) in [6.07, 6.45) is 0.985. The number of nitrogen functional groups attached to an aromatic ring is 1. The third-order valence-electron chi connectivity index (χ3n) is 2.39. The van der Waals surface area contributed by atoms with Gasteiger partial charge in [-0.1, -0.05) is 0 Å². The van der Waals surface area contributed by atoms with Gasteiger partial charge in [0.1, 0.15) is 5.82 Å². The van der Waals surface area contributed by atoms with E-state index in [9.17, 15) is 8.78 Å². The van der Waals surface area contributed by atoms with Gasteiger partial charge < -0.3 is 5.32 Å². The van der Waals surface area contributed by atoms with Crippen LogP contribution in [0.25, 0.3) is 0 Å². The van der Waals surface area contributed by atoms with Gasteiger partial charge in [0.2, 0.25) is 5.95 Å². The lowest BCUT2D eigenvalue weighted by Crippen LogP contribution is -2.12. The smallest absolute Gasteiger partial charge is 0.239 e. The zero-order valence-corrected chi connectivity index (χ0v) is 11.4. The second-order valence-electron chi connectivity index (χ2n) is 3.74. The Morgan fingerprint density at radius 3 is 2.68 bits per heavy atom. The average molecular weight is 330 g/mol. The van der Waals surface area contributed by atoms with E-state index in [1.54, 1.807) is 6.92 Å². The fraction of sp³-hybridized carbons (Fsp3) is 0.0909. The lowest BCUT2D eigenvalue weighted by Gasteiger charge is -2.11. The summed E-state index contributed by atoms with van der Waals surface area (Å²) in [7, 11) is 0. The molecule has 0 aliphatic heterocycles. The van der Waals surface area contributed by atoms with Gasteiger partial charge >= 0.3 is 0 Å². The molecule has 4 N–H and O–H groups in total. The molecule has 1 aromatic carbocycles. The molecule has 0 atom stereocenters. The number of nitrogens with two attached hydrogens (primary N) is 1. The fourth-order valence-corrected chi connectivity index (χ4v) is 1.78. The molecule has 100 valence electrons. The summed E-state index contributed by atoms with van der Waals surface area (Å²) in [5.41, 5.74) is 3.35. The van der Waals surface area contributed by atoms with Crippen LogP contribution < -0.4 is 16.6 Å². The third kappa shape index (κ3) is 2.96. The van der Waals surface area contributed by atoms with Crippen molar-refractivity contribution in [2.45, 2.75) is 6.92 Å². The van der Waals surface area contributed by atoms with Crippen LogP contribution in [0.2, 0.25) is 0 Å². The number of aromatic nitrogens is 2. The third-order valence-corrected chi connectivity index (χ3v) is 3.00. The van der Waals surface area contributed by atoms with Crippen molar-refractivity contribution in [2.75, 3.05) is 10.7 Å². The number of hydrogen-bond acceptors (Lipinski definition) is 5. The van der Waals surface area contributed by atoms with Crippen LogP contribution in [0.1, 0.15) is 5.56 Å². The molecule has 2 aromatic rings. The molecule has 0 amide bonds. The molecule has 0 spiro atoms. The number of hydrazine groups is 1. The van der Waals surface area contributed by atoms with E-state index in [0.29, 0.717) is 11.3 Å². The number of aryl methyl sites for hydroxylation is 1. The van der Waals surface area contributed by atoms with Crippen molar-refractivity contribution in [1.29, 1.82) is 0 Å². The second kappa shape index (κ2) is 5.45. The predicted molar refractivity (Wildman–Crippen MR) is 71.9 cm³/mol. The molecule has 1 aromatic heterocycles. The Kier molecular flexibility index (Phi) is 3.91. The van der Waals surface area contributed by atoms with Crippen molar-refractivity contribution in [3.63, 3.8) is 0 Å². The van der Waals surface area contributed by atoms with Crippen LogP contribution in [-0.2, 0) is 0 Å². The summed E-state index contributed by atoms with van der Waals surface area (Å²) < 4.78 is 27.1. The number of rotatable bonds is 3. The standard InChI is InChI=1S/C11H10BrF2N5/c1-5-2-7(13)6(12)3-9(5)17-10-8(14)4-16-11(18-10)19-15/h2-4H,15H2,1H3,(H2,16,17,18,19). The van der Waals surface area contributed by atoms with Crippen LogP contribution in [0.15, 0.2) is 22.8 Å². The topological polar surface area (TPSA) is 75.9 Å². The number of nitrogens with one attached hydrogen (secondary N) is 2. The Hall–Kier alpha value is -1.80. The highest BCUT2D eigenvalue weighted by atomic mass is 79.9. The first-order chi connectivity index (χ1) is 9.01. The Bertz CT molecular complexity index is 620. The van der Waals surface area contributed by atoms with Crippen molar-refractivity contribution in [1.82, 2.24) is 9.97 Å². The number of hydrogen-bond donors (Lipinski definition) is 3. The summed E-state index contributed by atoms with van der Waals surface area (Å²) in [6.45, 7) is 1.69. The number of benzene rings is 1. The molecule has 0 aliphatic carbocycles. The van der Waals surface area contributed by atoms with Crippen LogP contribution in [0, 0.1) is 18.6 Å². The summed E-state index contributed by atoms with van der Waals surface area (Å²) in [6, 6.07) is 2.83. The molecule has 0 aliphatic rings. The highest BCUT2D eigenvalue weighted by molar-refractivity contribution is 9.10. The van der Waals surface area contributed by atoms with E-state index in [1.165, 1.54) is 12.1 Å². The number of anilines is 3. The molecule has 0 fully saturated rings. The van der Waals surface area contributed by atoms with Crippen molar-refractivity contribution < 1.29 is 8.78 Å². The van der Waals surface area contributed by atoms with E-state index in [2.05, 4.69) is 36.6 Å². The first-order valence-electron chi connectivity index (χ1n) is 5.23. The zero-order chi connectivity index (χ0) is 14.0. The number of halogens is 3. The Morgan fingerprint density at radius 2 is 2.00 bits per heavy atom. The van der Waals surface area contributed by atoms with Crippen molar-refractivity contribution >= 4 is 33.4 Å². The Balaban J connectivity index is 2.38. The summed E-state index contributed by atoms with van der Waals surface area (Å²) >= 11 is 3.07. The fourth-order valence-electron chi connectivity index (χ4n) is 1.43. The van der Waals surface area contributed by atoms with Gasteiger partial charge in [0.15, 0.2) is 11.6 Å². The average Bonchev–Trinajstić information content (AvgIpc) is 2.38. The van der Waals surface area contributed by atoms with Crippen molar-refractivity contribution in [3.8, 4) is 0 Å². The number of nitrogens with zero attached hydrogens (tertiary/aromatic N) is 2. The Morgan fingerprint density at radius 1 is 1.26 bits per heavy atom. The van der Waals surface area contributed by atoms with Gasteiger partial charge in [0.25, 0.3) is 0 Å². The maximum Gasteiger partial charge on any atom is 0.239 e. The van der Waals surface area contributed by atoms with Crippen LogP contribution in [-0.4, -0.2) is 9.97 Å². The van der Waals surface area contributed by atoms with Gasteiger partial charge in [0, 0.05) is 5.69 Å². The van der Waals surface area contributed by atoms with Crippen LogP contribution in [0.3, 0.4) is 0 Å². The summed E-state index contributed by atoms with van der Waals surface area (Å²) in [5, 5.41) is 2.76. The van der Waals surface area contributed by atoms with E-state index in [0.717, 1.165) is 6.20 Å². The van der Waals surface area contributed by atoms with Crippen molar-refractivity contribution in [3.05, 3.63) is 40.0 Å². The van der Waals surface area contributed by atoms with E-state index < -0.39 is 11.6 Å². The van der Waals surface area contributed by atoms with Gasteiger partial charge in [-0.2, -0.15) is 4.98 Å². The van der Waals surface area contributed by atoms with Crippen LogP contribution in [0.4, 0.5) is 26.2 Å². The monoisotopic (exact) mass is 329 g/mol. The molecule has 0 saturated heterocycles. The van der Waals surface area contributed by atoms with E-state index in [4.69, 9.17) is 5.84 Å². The van der Waals surface area contributed by atoms with Gasteiger partial charge in [-0.25, -0.2) is 19.6 Å². The minimum atomic E-state index is -0.640. The molecule has 0 bridgehead atoms. The molecule has 8 heteroatoms. The minimum absolute atomic E-state index is 0.0513. The minimum Gasteiger partial charge on any atom is -0.337 e. The largest absolute Gasteiger partial charge is 0.337 e. The van der Waals surface area contributed by atoms with Crippen LogP contribution in [0.5, 0.6) is 0 Å². The van der Waals surface area contributed by atoms with Crippen LogP contribution >= 0.6 is 15.9 Å². The molecular weight excluding hydrogens is 320 g/mol. The molecule has 1 heterocycles. The Labute approximate surface area is 116 Å². The van der Waals surface area contributed by atoms with E-state index in [-0.39, 0.29) is 16.2 Å². The first-order valence-corrected chi connectivity index (χ1v) is 6.02. The normalized spacial score (nSPS) is 10.4. The molecular formula is C11H10BrF2N5. The quantitative estimate of drug-likeness (QED) is 0.596. The van der Waals surface area contributed by atoms with Gasteiger partial charge in [0.05, 0.1) is 10.7 Å². The SMILES string of the molecule is Cc1cc(F)c(Br)cc1Nc1nc(NN)ncc1F. The maximum absolute atomic E-state index is 13.6. The second-order valence-corrected chi connectivity index (χ2v) is 4.60. The maximum atomic E-state index is 13.6. The van der Waals surface area contributed by atoms with Crippen molar-refractivity contribution in [2.24, 2.45) is 5.84 Å². The molecule has 2 rings (SSSR count). The predicted octanol–water partition coefficient (Wildman–Crippen LogP) is 2.85. The molecule has 0 saturated carbocycles. The van der Waals surface area contributed by atoms with E-state index >= 15 is 0 Å². The van der Waals surface area contributed by atoms with Gasteiger partial charge in [-0.05, 0) is 40.5 Å². The summed E-state index contributed by atoms with van der Waals surface area (Å²) in [5.74, 6) is 4.14. The highest BCUT2D eigenvalue weighted by Gasteiger charge is 2.10. The summed E-state index contributed by atoms with van der Waals surface area (Å²) in [4.78, 5) is 7.46. The molecule has 5 nitrogen and oxygen atoms in total. The first kappa shape index (κ1) is 13.6. The van der Waals surface area contributed by atoms with Gasteiger partial charge in [-0.15, -0.1) is 0 Å². The van der Waals surface area contributed by atoms with Gasteiger partial charge in [-0.3, -0.25) is 5.43 Å². The van der Waals surface area contributed by atoms with E-state index in [1.807, 2.05) is 0 Å². The molecule has 0 unspecified atom stereocenters. The lowest BCUT2D eigenvalue weighted by atomic mass is 10.2. The molecule has 19 heavy (non-hydrogen) atoms. The zero-order valence-electron chi connectivity index (χ0n) is 9.84. The highest BCUT2D eigenvalue weighted by Crippen LogP contribution is 2.27.